The third-order valence-corrected chi connectivity index (χ3v) is 5.23. The second-order valence-corrected chi connectivity index (χ2v) is 7.53. The standard InChI is InChI=1S/C18H22N2O3S/c21-24(22,14-10-16-7-2-1-3-8-16)19-15-17(18-9-6-13-23-18)20-11-4-5-12-20/h1-3,6-10,13-14,17,19H,4-5,11-12,15H2/b14-10+/t17-/m1/s1. The van der Waals surface area contributed by atoms with E-state index in [-0.39, 0.29) is 6.04 Å². The molecule has 1 aliphatic rings. The monoisotopic (exact) mass is 346 g/mol. The maximum absolute atomic E-state index is 12.2. The highest BCUT2D eigenvalue weighted by Gasteiger charge is 2.26. The zero-order valence-electron chi connectivity index (χ0n) is 13.5. The van der Waals surface area contributed by atoms with Crippen molar-refractivity contribution in [2.45, 2.75) is 18.9 Å². The van der Waals surface area contributed by atoms with E-state index in [4.69, 9.17) is 4.42 Å². The predicted molar refractivity (Wildman–Crippen MR) is 94.7 cm³/mol. The maximum atomic E-state index is 12.2. The molecule has 0 spiro atoms. The summed E-state index contributed by atoms with van der Waals surface area (Å²) in [5.41, 5.74) is 0.852. The van der Waals surface area contributed by atoms with Gasteiger partial charge in [0.25, 0.3) is 0 Å². The minimum atomic E-state index is -3.49. The Morgan fingerprint density at radius 3 is 2.54 bits per heavy atom. The van der Waals surface area contributed by atoms with E-state index in [9.17, 15) is 8.42 Å². The molecule has 1 saturated heterocycles. The van der Waals surface area contributed by atoms with Crippen LogP contribution in [0.4, 0.5) is 0 Å². The lowest BCUT2D eigenvalue weighted by molar-refractivity contribution is 0.216. The smallest absolute Gasteiger partial charge is 0.233 e. The van der Waals surface area contributed by atoms with Crippen molar-refractivity contribution in [3.63, 3.8) is 0 Å². The lowest BCUT2D eigenvalue weighted by Gasteiger charge is -2.25. The Bertz CT molecular complexity index is 749. The van der Waals surface area contributed by atoms with E-state index >= 15 is 0 Å². The van der Waals surface area contributed by atoms with Gasteiger partial charge in [0.1, 0.15) is 5.76 Å². The number of hydrogen-bond donors (Lipinski definition) is 1. The number of rotatable bonds is 7. The van der Waals surface area contributed by atoms with Crippen LogP contribution in [-0.2, 0) is 10.0 Å². The summed E-state index contributed by atoms with van der Waals surface area (Å²) >= 11 is 0. The second-order valence-electron chi connectivity index (χ2n) is 5.88. The van der Waals surface area contributed by atoms with E-state index in [2.05, 4.69) is 9.62 Å². The van der Waals surface area contributed by atoms with Crippen molar-refractivity contribution in [3.8, 4) is 0 Å². The molecule has 24 heavy (non-hydrogen) atoms. The number of nitrogens with one attached hydrogen (secondary N) is 1. The Kier molecular flexibility index (Phi) is 5.50. The summed E-state index contributed by atoms with van der Waals surface area (Å²) < 4.78 is 32.7. The number of benzene rings is 1. The van der Waals surface area contributed by atoms with E-state index in [1.165, 1.54) is 5.41 Å². The van der Waals surface area contributed by atoms with Gasteiger partial charge in [0, 0.05) is 12.0 Å². The van der Waals surface area contributed by atoms with Crippen LogP contribution in [0, 0.1) is 0 Å². The van der Waals surface area contributed by atoms with Crippen molar-refractivity contribution in [3.05, 3.63) is 65.5 Å². The van der Waals surface area contributed by atoms with Gasteiger partial charge < -0.3 is 4.42 Å². The number of furan rings is 1. The van der Waals surface area contributed by atoms with Gasteiger partial charge in [0.2, 0.25) is 10.0 Å². The van der Waals surface area contributed by atoms with Crippen molar-refractivity contribution in [1.29, 1.82) is 0 Å². The molecule has 6 heteroatoms. The van der Waals surface area contributed by atoms with Crippen LogP contribution < -0.4 is 4.72 Å². The average molecular weight is 346 g/mol. The average Bonchev–Trinajstić information content (AvgIpc) is 3.28. The maximum Gasteiger partial charge on any atom is 0.233 e. The van der Waals surface area contributed by atoms with Gasteiger partial charge >= 0.3 is 0 Å². The van der Waals surface area contributed by atoms with Crippen molar-refractivity contribution in [1.82, 2.24) is 9.62 Å². The fraction of sp³-hybridized carbons (Fsp3) is 0.333. The quantitative estimate of drug-likeness (QED) is 0.837. The summed E-state index contributed by atoms with van der Waals surface area (Å²) in [7, 11) is -3.49. The van der Waals surface area contributed by atoms with Crippen LogP contribution in [0.3, 0.4) is 0 Å². The lowest BCUT2D eigenvalue weighted by atomic mass is 10.2. The van der Waals surface area contributed by atoms with Gasteiger partial charge in [0.05, 0.1) is 12.3 Å². The molecule has 1 atom stereocenters. The van der Waals surface area contributed by atoms with Crippen LogP contribution in [0.1, 0.15) is 30.2 Å². The fourth-order valence-electron chi connectivity index (χ4n) is 2.92. The van der Waals surface area contributed by atoms with Crippen LogP contribution in [0.15, 0.2) is 58.6 Å². The van der Waals surface area contributed by atoms with E-state index < -0.39 is 10.0 Å². The lowest BCUT2D eigenvalue weighted by Crippen LogP contribution is -2.35. The third kappa shape index (κ3) is 4.56. The Hall–Kier alpha value is -1.89. The SMILES string of the molecule is O=S(=O)(/C=C/c1ccccc1)NC[C@H](c1ccco1)N1CCCC1. The molecule has 0 radical (unpaired) electrons. The Balaban J connectivity index is 1.66. The molecule has 0 amide bonds. The zero-order valence-corrected chi connectivity index (χ0v) is 14.3. The first-order valence-corrected chi connectivity index (χ1v) is 9.69. The number of hydrogen-bond acceptors (Lipinski definition) is 4. The topological polar surface area (TPSA) is 62.6 Å². The molecule has 5 nitrogen and oxygen atoms in total. The highest BCUT2D eigenvalue weighted by atomic mass is 32.2. The van der Waals surface area contributed by atoms with E-state index in [0.717, 1.165) is 37.3 Å². The second kappa shape index (κ2) is 7.79. The molecule has 1 aliphatic heterocycles. The number of sulfonamides is 1. The van der Waals surface area contributed by atoms with Crippen LogP contribution in [0.2, 0.25) is 0 Å². The molecule has 0 bridgehead atoms. The Morgan fingerprint density at radius 1 is 1.12 bits per heavy atom. The summed E-state index contributed by atoms with van der Waals surface area (Å²) in [5.74, 6) is 0.798. The number of likely N-dealkylation sites (tertiary alicyclic amines) is 1. The molecule has 1 aromatic carbocycles. The van der Waals surface area contributed by atoms with Crippen molar-refractivity contribution in [2.75, 3.05) is 19.6 Å². The van der Waals surface area contributed by atoms with E-state index in [1.54, 1.807) is 12.3 Å². The van der Waals surface area contributed by atoms with Crippen molar-refractivity contribution in [2.24, 2.45) is 0 Å². The van der Waals surface area contributed by atoms with Gasteiger partial charge in [-0.1, -0.05) is 30.3 Å². The van der Waals surface area contributed by atoms with Gasteiger partial charge in [-0.2, -0.15) is 0 Å². The first-order valence-electron chi connectivity index (χ1n) is 8.14. The molecule has 0 aliphatic carbocycles. The Labute approximate surface area is 143 Å². The first-order chi connectivity index (χ1) is 11.6. The highest BCUT2D eigenvalue weighted by molar-refractivity contribution is 7.92. The summed E-state index contributed by atoms with van der Waals surface area (Å²) in [5, 5.41) is 1.21. The van der Waals surface area contributed by atoms with Gasteiger partial charge in [-0.15, -0.1) is 0 Å². The van der Waals surface area contributed by atoms with E-state index in [0.29, 0.717) is 6.54 Å². The van der Waals surface area contributed by atoms with Crippen LogP contribution in [0.25, 0.3) is 6.08 Å². The van der Waals surface area contributed by atoms with E-state index in [1.807, 2.05) is 42.5 Å². The molecule has 2 aromatic rings. The van der Waals surface area contributed by atoms with Gasteiger partial charge in [0.15, 0.2) is 0 Å². The molecule has 2 heterocycles. The molecule has 1 aromatic heterocycles. The molecule has 0 saturated carbocycles. The minimum Gasteiger partial charge on any atom is -0.468 e. The molecule has 1 N–H and O–H groups in total. The molecular weight excluding hydrogens is 324 g/mol. The van der Waals surface area contributed by atoms with Crippen molar-refractivity contribution < 1.29 is 12.8 Å². The summed E-state index contributed by atoms with van der Waals surface area (Å²) in [6, 6.07) is 13.0. The third-order valence-electron chi connectivity index (χ3n) is 4.17. The van der Waals surface area contributed by atoms with Crippen LogP contribution >= 0.6 is 0 Å². The van der Waals surface area contributed by atoms with Gasteiger partial charge in [-0.05, 0) is 49.7 Å². The molecule has 1 fully saturated rings. The van der Waals surface area contributed by atoms with Crippen LogP contribution in [0.5, 0.6) is 0 Å². The summed E-state index contributed by atoms with van der Waals surface area (Å²) in [6.07, 6.45) is 5.50. The van der Waals surface area contributed by atoms with Gasteiger partial charge in [-0.3, -0.25) is 4.90 Å². The summed E-state index contributed by atoms with van der Waals surface area (Å²) in [4.78, 5) is 2.27. The number of nitrogens with zero attached hydrogens (tertiary/aromatic N) is 1. The normalized spacial score (nSPS) is 17.5. The van der Waals surface area contributed by atoms with Gasteiger partial charge in [-0.25, -0.2) is 13.1 Å². The largest absolute Gasteiger partial charge is 0.468 e. The molecule has 0 unspecified atom stereocenters. The minimum absolute atomic E-state index is 0.0672. The Morgan fingerprint density at radius 2 is 1.88 bits per heavy atom. The first kappa shape index (κ1) is 17.0. The predicted octanol–water partition coefficient (Wildman–Crippen LogP) is 3.01. The van der Waals surface area contributed by atoms with Crippen LogP contribution in [-0.4, -0.2) is 33.0 Å². The van der Waals surface area contributed by atoms with Crippen molar-refractivity contribution >= 4 is 16.1 Å². The molecular formula is C18H22N2O3S. The summed E-state index contributed by atoms with van der Waals surface area (Å²) in [6.45, 7) is 2.23. The molecule has 128 valence electrons. The molecule has 3 rings (SSSR count). The fourth-order valence-corrected chi connectivity index (χ4v) is 3.74. The highest BCUT2D eigenvalue weighted by Crippen LogP contribution is 2.25. The zero-order chi connectivity index (χ0) is 16.8.